The van der Waals surface area contributed by atoms with Crippen molar-refractivity contribution in [2.45, 2.75) is 30.2 Å². The van der Waals surface area contributed by atoms with Crippen molar-refractivity contribution in [3.8, 4) is 6.07 Å². The Morgan fingerprint density at radius 3 is 2.65 bits per heavy atom. The summed E-state index contributed by atoms with van der Waals surface area (Å²) in [5.41, 5.74) is 4.25. The van der Waals surface area contributed by atoms with Gasteiger partial charge in [0.25, 0.3) is 0 Å². The number of nitriles is 1. The molecule has 0 aromatic heterocycles. The standard InChI is InChI=1S/C17H18F3N3O2S/c18-17(19,20)14-6-13(4-2-11(14)7-21)23-8-15-10-1-3-12(5-10)16(15,9-22)26(23,24)25/h2,4,6,10,12,15H,1,3,5,8-9,22H2/t10-,12+,15+,16-/m1/s1. The average Bonchev–Trinajstić information content (AvgIpc) is 3.23. The molecule has 1 heterocycles. The van der Waals surface area contributed by atoms with E-state index in [2.05, 4.69) is 0 Å². The lowest BCUT2D eigenvalue weighted by molar-refractivity contribution is -0.137. The number of benzene rings is 1. The third-order valence-corrected chi connectivity index (χ3v) is 9.23. The van der Waals surface area contributed by atoms with E-state index in [1.54, 1.807) is 0 Å². The van der Waals surface area contributed by atoms with Gasteiger partial charge >= 0.3 is 6.18 Å². The topological polar surface area (TPSA) is 87.2 Å². The highest BCUT2D eigenvalue weighted by molar-refractivity contribution is 7.94. The Labute approximate surface area is 149 Å². The molecule has 1 aromatic rings. The van der Waals surface area contributed by atoms with Crippen LogP contribution in [0.3, 0.4) is 0 Å². The van der Waals surface area contributed by atoms with Crippen LogP contribution in [-0.4, -0.2) is 26.3 Å². The molecule has 1 aromatic carbocycles. The fraction of sp³-hybridized carbons (Fsp3) is 0.588. The Kier molecular flexibility index (Phi) is 3.63. The molecule has 2 bridgehead atoms. The molecule has 0 spiro atoms. The van der Waals surface area contributed by atoms with Gasteiger partial charge in [0.15, 0.2) is 0 Å². The van der Waals surface area contributed by atoms with Crippen molar-refractivity contribution >= 4 is 15.7 Å². The first kappa shape index (κ1) is 17.6. The lowest BCUT2D eigenvalue weighted by Gasteiger charge is -2.35. The van der Waals surface area contributed by atoms with E-state index in [1.807, 2.05) is 0 Å². The molecule has 5 nitrogen and oxygen atoms in total. The average molecular weight is 385 g/mol. The zero-order chi connectivity index (χ0) is 18.9. The van der Waals surface area contributed by atoms with E-state index in [-0.39, 0.29) is 36.5 Å². The van der Waals surface area contributed by atoms with Gasteiger partial charge in [-0.25, -0.2) is 8.42 Å². The van der Waals surface area contributed by atoms with Gasteiger partial charge in [-0.2, -0.15) is 18.4 Å². The molecular formula is C17H18F3N3O2S. The van der Waals surface area contributed by atoms with Crippen LogP contribution in [0, 0.1) is 29.1 Å². The van der Waals surface area contributed by atoms with Gasteiger partial charge in [0.2, 0.25) is 10.0 Å². The lowest BCUT2D eigenvalue weighted by Crippen LogP contribution is -2.53. The molecule has 0 radical (unpaired) electrons. The fourth-order valence-electron chi connectivity index (χ4n) is 5.40. The molecule has 2 aliphatic carbocycles. The predicted molar refractivity (Wildman–Crippen MR) is 88.5 cm³/mol. The first-order valence-corrected chi connectivity index (χ1v) is 9.94. The Morgan fingerprint density at radius 2 is 2.08 bits per heavy atom. The smallest absolute Gasteiger partial charge is 0.329 e. The van der Waals surface area contributed by atoms with Gasteiger partial charge in [0.1, 0.15) is 4.75 Å². The van der Waals surface area contributed by atoms with Crippen LogP contribution in [0.5, 0.6) is 0 Å². The van der Waals surface area contributed by atoms with E-state index in [0.29, 0.717) is 0 Å². The van der Waals surface area contributed by atoms with Crippen LogP contribution in [0.25, 0.3) is 0 Å². The van der Waals surface area contributed by atoms with Crippen molar-refractivity contribution in [2.75, 3.05) is 17.4 Å². The summed E-state index contributed by atoms with van der Waals surface area (Å²) < 4.78 is 66.5. The van der Waals surface area contributed by atoms with Gasteiger partial charge in [-0.1, -0.05) is 0 Å². The van der Waals surface area contributed by atoms with Gasteiger partial charge in [0, 0.05) is 19.0 Å². The summed E-state index contributed by atoms with van der Waals surface area (Å²) in [5.74, 6) is 0.0722. The highest BCUT2D eigenvalue weighted by Gasteiger charge is 2.69. The number of fused-ring (bicyclic) bond motifs is 5. The fourth-order valence-corrected chi connectivity index (χ4v) is 8.06. The zero-order valence-corrected chi connectivity index (χ0v) is 14.6. The van der Waals surface area contributed by atoms with Crippen LogP contribution in [0.15, 0.2) is 18.2 Å². The van der Waals surface area contributed by atoms with E-state index in [1.165, 1.54) is 12.1 Å². The number of hydrogen-bond donors (Lipinski definition) is 1. The number of rotatable bonds is 2. The molecule has 2 N–H and O–H groups in total. The Bertz CT molecular complexity index is 909. The maximum atomic E-state index is 13.3. The van der Waals surface area contributed by atoms with Crippen molar-refractivity contribution < 1.29 is 21.6 Å². The second kappa shape index (κ2) is 5.36. The summed E-state index contributed by atoms with van der Waals surface area (Å²) in [6.07, 6.45) is -2.16. The Hall–Kier alpha value is -1.79. The van der Waals surface area contributed by atoms with Crippen LogP contribution in [0.4, 0.5) is 18.9 Å². The van der Waals surface area contributed by atoms with E-state index < -0.39 is 32.1 Å². The quantitative estimate of drug-likeness (QED) is 0.847. The number of nitrogens with two attached hydrogens (primary N) is 1. The number of hydrogen-bond acceptors (Lipinski definition) is 4. The molecule has 4 atom stereocenters. The van der Waals surface area contributed by atoms with Gasteiger partial charge in [-0.15, -0.1) is 0 Å². The molecule has 9 heteroatoms. The zero-order valence-electron chi connectivity index (χ0n) is 13.8. The van der Waals surface area contributed by atoms with E-state index in [4.69, 9.17) is 11.0 Å². The number of sulfonamides is 1. The van der Waals surface area contributed by atoms with Crippen molar-refractivity contribution in [1.29, 1.82) is 5.26 Å². The molecule has 26 heavy (non-hydrogen) atoms. The second-order valence-electron chi connectivity index (χ2n) is 7.41. The van der Waals surface area contributed by atoms with Crippen molar-refractivity contribution in [2.24, 2.45) is 23.5 Å². The molecule has 3 aliphatic rings. The summed E-state index contributed by atoms with van der Waals surface area (Å²) in [7, 11) is -3.88. The molecule has 4 rings (SSSR count). The molecule has 1 aliphatic heterocycles. The van der Waals surface area contributed by atoms with Crippen LogP contribution >= 0.6 is 0 Å². The lowest BCUT2D eigenvalue weighted by atomic mass is 9.78. The largest absolute Gasteiger partial charge is 0.417 e. The van der Waals surface area contributed by atoms with Crippen LogP contribution in [0.1, 0.15) is 30.4 Å². The maximum absolute atomic E-state index is 13.3. The van der Waals surface area contributed by atoms with Crippen molar-refractivity contribution in [3.05, 3.63) is 29.3 Å². The van der Waals surface area contributed by atoms with E-state index in [0.717, 1.165) is 35.7 Å². The summed E-state index contributed by atoms with van der Waals surface area (Å²) in [5, 5.41) is 8.93. The van der Waals surface area contributed by atoms with E-state index >= 15 is 0 Å². The van der Waals surface area contributed by atoms with Gasteiger partial charge in [-0.05, 0) is 49.3 Å². The summed E-state index contributed by atoms with van der Waals surface area (Å²) in [4.78, 5) is 0. The molecule has 1 saturated heterocycles. The maximum Gasteiger partial charge on any atom is 0.417 e. The monoisotopic (exact) mass is 385 g/mol. The number of alkyl halides is 3. The number of halogens is 3. The van der Waals surface area contributed by atoms with Gasteiger partial charge in [-0.3, -0.25) is 4.31 Å². The van der Waals surface area contributed by atoms with Crippen molar-refractivity contribution in [3.63, 3.8) is 0 Å². The molecule has 2 saturated carbocycles. The third-order valence-electron chi connectivity index (χ3n) is 6.53. The Balaban J connectivity index is 1.83. The van der Waals surface area contributed by atoms with Crippen molar-refractivity contribution in [1.82, 2.24) is 0 Å². The highest BCUT2D eigenvalue weighted by atomic mass is 32.2. The third kappa shape index (κ3) is 2.03. The van der Waals surface area contributed by atoms with Crippen LogP contribution < -0.4 is 10.0 Å². The molecule has 0 unspecified atom stereocenters. The predicted octanol–water partition coefficient (Wildman–Crippen LogP) is 2.47. The highest BCUT2D eigenvalue weighted by Crippen LogP contribution is 2.62. The summed E-state index contributed by atoms with van der Waals surface area (Å²) in [6, 6.07) is 4.59. The minimum absolute atomic E-state index is 0.0138. The normalized spacial score (nSPS) is 34.7. The van der Waals surface area contributed by atoms with Gasteiger partial charge in [0.05, 0.1) is 22.9 Å². The number of nitrogens with zero attached hydrogens (tertiary/aromatic N) is 2. The summed E-state index contributed by atoms with van der Waals surface area (Å²) >= 11 is 0. The SMILES string of the molecule is N#Cc1ccc(N2C[C@H]3[C@@H]4CC[C@@H](C4)[C@@]3(CN)S2(=O)=O)cc1C(F)(F)F. The number of anilines is 1. The second-order valence-corrected chi connectivity index (χ2v) is 9.56. The Morgan fingerprint density at radius 1 is 1.35 bits per heavy atom. The van der Waals surface area contributed by atoms with Crippen LogP contribution in [0.2, 0.25) is 0 Å². The van der Waals surface area contributed by atoms with E-state index in [9.17, 15) is 21.6 Å². The first-order chi connectivity index (χ1) is 12.2. The molecular weight excluding hydrogens is 367 g/mol. The molecule has 140 valence electrons. The molecule has 3 fully saturated rings. The summed E-state index contributed by atoms with van der Waals surface area (Å²) in [6.45, 7) is 0.143. The van der Waals surface area contributed by atoms with Gasteiger partial charge < -0.3 is 5.73 Å². The minimum Gasteiger partial charge on any atom is -0.329 e. The minimum atomic E-state index is -4.73. The first-order valence-electron chi connectivity index (χ1n) is 8.50. The van der Waals surface area contributed by atoms with Crippen LogP contribution in [-0.2, 0) is 16.2 Å². The molecule has 0 amide bonds.